The summed E-state index contributed by atoms with van der Waals surface area (Å²) in [6.45, 7) is 0.0133. The van der Waals surface area contributed by atoms with E-state index < -0.39 is 0 Å². The Bertz CT molecular complexity index is 719. The molecule has 0 aliphatic heterocycles. The molecule has 2 amide bonds. The van der Waals surface area contributed by atoms with Gasteiger partial charge in [-0.2, -0.15) is 0 Å². The van der Waals surface area contributed by atoms with Gasteiger partial charge in [0.05, 0.1) is 13.7 Å². The average Bonchev–Trinajstić information content (AvgIpc) is 2.64. The van der Waals surface area contributed by atoms with Crippen molar-refractivity contribution < 1.29 is 19.1 Å². The van der Waals surface area contributed by atoms with Crippen LogP contribution in [-0.4, -0.2) is 32.1 Å². The Hall–Kier alpha value is -2.73. The molecule has 0 atom stereocenters. The molecule has 6 nitrogen and oxygen atoms in total. The van der Waals surface area contributed by atoms with Gasteiger partial charge in [-0.15, -0.1) is 0 Å². The van der Waals surface area contributed by atoms with Crippen LogP contribution in [0.5, 0.6) is 11.5 Å². The third-order valence-corrected chi connectivity index (χ3v) is 3.55. The Morgan fingerprint density at radius 1 is 1.00 bits per heavy atom. The minimum atomic E-state index is -0.387. The van der Waals surface area contributed by atoms with E-state index in [2.05, 4.69) is 10.6 Å². The van der Waals surface area contributed by atoms with Crippen LogP contribution in [0.15, 0.2) is 48.5 Å². The van der Waals surface area contributed by atoms with Gasteiger partial charge in [-0.1, -0.05) is 29.8 Å². The smallest absolute Gasteiger partial charge is 0.258 e. The molecule has 0 heterocycles. The average molecular weight is 363 g/mol. The van der Waals surface area contributed by atoms with Crippen LogP contribution in [0.25, 0.3) is 0 Å². The number of amides is 2. The number of nitrogens with one attached hydrogen (secondary N) is 2. The van der Waals surface area contributed by atoms with Crippen LogP contribution in [0.1, 0.15) is 5.56 Å². The molecule has 2 aromatic carbocycles. The van der Waals surface area contributed by atoms with Crippen molar-refractivity contribution in [2.45, 2.75) is 6.54 Å². The van der Waals surface area contributed by atoms with Gasteiger partial charge in [0.25, 0.3) is 5.91 Å². The molecule has 0 aliphatic carbocycles. The summed E-state index contributed by atoms with van der Waals surface area (Å²) in [5, 5.41) is 5.80. The molecule has 0 radical (unpaired) electrons. The minimum Gasteiger partial charge on any atom is -0.496 e. The second-order valence-corrected chi connectivity index (χ2v) is 5.54. The van der Waals surface area contributed by atoms with Crippen LogP contribution in [-0.2, 0) is 16.1 Å². The molecule has 0 aliphatic rings. The van der Waals surface area contributed by atoms with E-state index in [9.17, 15) is 9.59 Å². The molecule has 0 saturated heterocycles. The number of rotatable bonds is 8. The first-order chi connectivity index (χ1) is 12.1. The summed E-state index contributed by atoms with van der Waals surface area (Å²) in [4.78, 5) is 23.5. The van der Waals surface area contributed by atoms with E-state index in [1.54, 1.807) is 31.4 Å². The standard InChI is InChI=1S/C18H19ClN2O4/c1-24-16-5-3-2-4-13(16)10-20-17(22)11-21-18(23)12-25-15-8-6-14(19)7-9-15/h2-9H,10-12H2,1H3,(H,20,22)(H,21,23). The third kappa shape index (κ3) is 6.35. The Labute approximate surface area is 151 Å². The molecule has 25 heavy (non-hydrogen) atoms. The summed E-state index contributed by atoms with van der Waals surface area (Å²) in [6, 6.07) is 14.0. The van der Waals surface area contributed by atoms with E-state index in [4.69, 9.17) is 21.1 Å². The van der Waals surface area contributed by atoms with Crippen molar-refractivity contribution in [1.29, 1.82) is 0 Å². The summed E-state index contributed by atoms with van der Waals surface area (Å²) in [5.74, 6) is 0.538. The van der Waals surface area contributed by atoms with Crippen molar-refractivity contribution in [1.82, 2.24) is 10.6 Å². The van der Waals surface area contributed by atoms with E-state index in [0.717, 1.165) is 5.56 Å². The molecule has 0 aromatic heterocycles. The van der Waals surface area contributed by atoms with Crippen LogP contribution < -0.4 is 20.1 Å². The number of ether oxygens (including phenoxy) is 2. The van der Waals surface area contributed by atoms with Gasteiger partial charge in [-0.25, -0.2) is 0 Å². The fraction of sp³-hybridized carbons (Fsp3) is 0.222. The fourth-order valence-corrected chi connectivity index (χ4v) is 2.14. The lowest BCUT2D eigenvalue weighted by atomic mass is 10.2. The lowest BCUT2D eigenvalue weighted by Crippen LogP contribution is -2.38. The lowest BCUT2D eigenvalue weighted by Gasteiger charge is -2.10. The molecular formula is C18H19ClN2O4. The van der Waals surface area contributed by atoms with Gasteiger partial charge in [0.2, 0.25) is 5.91 Å². The minimum absolute atomic E-state index is 0.127. The summed E-state index contributed by atoms with van der Waals surface area (Å²) in [5.41, 5.74) is 0.857. The van der Waals surface area contributed by atoms with Crippen molar-refractivity contribution in [3.05, 3.63) is 59.1 Å². The van der Waals surface area contributed by atoms with E-state index >= 15 is 0 Å². The van der Waals surface area contributed by atoms with E-state index in [-0.39, 0.29) is 25.0 Å². The zero-order valence-corrected chi connectivity index (χ0v) is 14.5. The molecule has 2 rings (SSSR count). The van der Waals surface area contributed by atoms with Gasteiger partial charge in [0, 0.05) is 17.1 Å². The molecule has 2 N–H and O–H groups in total. The van der Waals surface area contributed by atoms with Crippen molar-refractivity contribution in [3.63, 3.8) is 0 Å². The highest BCUT2D eigenvalue weighted by Crippen LogP contribution is 2.16. The normalized spacial score (nSPS) is 10.0. The monoisotopic (exact) mass is 362 g/mol. The Balaban J connectivity index is 1.68. The number of benzene rings is 2. The van der Waals surface area contributed by atoms with Gasteiger partial charge in [0.1, 0.15) is 11.5 Å². The zero-order valence-electron chi connectivity index (χ0n) is 13.8. The second kappa shape index (κ2) is 9.54. The second-order valence-electron chi connectivity index (χ2n) is 5.11. The van der Waals surface area contributed by atoms with E-state index in [1.807, 2.05) is 24.3 Å². The van der Waals surface area contributed by atoms with Crippen LogP contribution >= 0.6 is 11.6 Å². The summed E-state index contributed by atoms with van der Waals surface area (Å²) >= 11 is 5.76. The summed E-state index contributed by atoms with van der Waals surface area (Å²) < 4.78 is 10.5. The van der Waals surface area contributed by atoms with Crippen molar-refractivity contribution in [2.75, 3.05) is 20.3 Å². The largest absolute Gasteiger partial charge is 0.496 e. The van der Waals surface area contributed by atoms with Gasteiger partial charge in [0.15, 0.2) is 6.61 Å². The molecule has 132 valence electrons. The zero-order chi connectivity index (χ0) is 18.1. The van der Waals surface area contributed by atoms with Crippen molar-refractivity contribution >= 4 is 23.4 Å². The SMILES string of the molecule is COc1ccccc1CNC(=O)CNC(=O)COc1ccc(Cl)cc1. The number of halogens is 1. The quantitative estimate of drug-likeness (QED) is 0.754. The lowest BCUT2D eigenvalue weighted by molar-refractivity contribution is -0.127. The van der Waals surface area contributed by atoms with Crippen LogP contribution in [0.4, 0.5) is 0 Å². The van der Waals surface area contributed by atoms with Gasteiger partial charge in [-0.05, 0) is 30.3 Å². The number of carbonyl (C=O) groups is 2. The maximum Gasteiger partial charge on any atom is 0.258 e. The molecule has 0 bridgehead atoms. The van der Waals surface area contributed by atoms with Crippen LogP contribution in [0.3, 0.4) is 0 Å². The number of hydrogen-bond acceptors (Lipinski definition) is 4. The van der Waals surface area contributed by atoms with Crippen LogP contribution in [0, 0.1) is 0 Å². The topological polar surface area (TPSA) is 76.7 Å². The van der Waals surface area contributed by atoms with E-state index in [0.29, 0.717) is 23.1 Å². The fourth-order valence-electron chi connectivity index (χ4n) is 2.01. The van der Waals surface area contributed by atoms with Crippen molar-refractivity contribution in [3.8, 4) is 11.5 Å². The first-order valence-electron chi connectivity index (χ1n) is 7.62. The summed E-state index contributed by atoms with van der Waals surface area (Å²) in [7, 11) is 1.57. The Morgan fingerprint density at radius 3 is 2.44 bits per heavy atom. The maximum atomic E-state index is 11.8. The molecule has 0 fully saturated rings. The number of methoxy groups -OCH3 is 1. The Kier molecular flexibility index (Phi) is 7.10. The molecule has 0 unspecified atom stereocenters. The highest BCUT2D eigenvalue weighted by molar-refractivity contribution is 6.30. The number of para-hydroxylation sites is 1. The molecular weight excluding hydrogens is 344 g/mol. The van der Waals surface area contributed by atoms with Gasteiger partial charge < -0.3 is 20.1 Å². The van der Waals surface area contributed by atoms with Crippen LogP contribution in [0.2, 0.25) is 5.02 Å². The highest BCUT2D eigenvalue weighted by atomic mass is 35.5. The predicted octanol–water partition coefficient (Wildman–Crippen LogP) is 2.16. The third-order valence-electron chi connectivity index (χ3n) is 3.30. The van der Waals surface area contributed by atoms with Crippen molar-refractivity contribution in [2.24, 2.45) is 0 Å². The van der Waals surface area contributed by atoms with E-state index in [1.165, 1.54) is 0 Å². The number of carbonyl (C=O) groups excluding carboxylic acids is 2. The molecule has 0 spiro atoms. The Morgan fingerprint density at radius 2 is 1.72 bits per heavy atom. The highest BCUT2D eigenvalue weighted by Gasteiger charge is 2.08. The summed E-state index contributed by atoms with van der Waals surface area (Å²) in [6.07, 6.45) is 0. The molecule has 7 heteroatoms. The first kappa shape index (κ1) is 18.6. The van der Waals surface area contributed by atoms with Gasteiger partial charge in [-0.3, -0.25) is 9.59 Å². The van der Waals surface area contributed by atoms with Gasteiger partial charge >= 0.3 is 0 Å². The number of hydrogen-bond donors (Lipinski definition) is 2. The molecule has 2 aromatic rings. The first-order valence-corrected chi connectivity index (χ1v) is 8.00. The molecule has 0 saturated carbocycles. The maximum absolute atomic E-state index is 11.8. The predicted molar refractivity (Wildman–Crippen MR) is 94.8 cm³/mol.